The lowest BCUT2D eigenvalue weighted by Crippen LogP contribution is -2.13. The van der Waals surface area contributed by atoms with Crippen LogP contribution in [0.15, 0.2) is 47.4 Å². The van der Waals surface area contributed by atoms with E-state index in [1.165, 1.54) is 31.4 Å². The van der Waals surface area contributed by atoms with Crippen LogP contribution in [0.4, 0.5) is 11.4 Å². The predicted octanol–water partition coefficient (Wildman–Crippen LogP) is 2.63. The van der Waals surface area contributed by atoms with E-state index < -0.39 is 10.0 Å². The Morgan fingerprint density at radius 2 is 1.82 bits per heavy atom. The molecule has 0 bridgehead atoms. The van der Waals surface area contributed by atoms with E-state index in [1.807, 2.05) is 6.92 Å². The lowest BCUT2D eigenvalue weighted by molar-refractivity contribution is 0.414. The number of methoxy groups -OCH3 is 1. The number of sulfonamides is 1. The topological polar surface area (TPSA) is 87.7 Å². The zero-order chi connectivity index (χ0) is 16.2. The van der Waals surface area contributed by atoms with E-state index in [9.17, 15) is 13.5 Å². The molecule has 2 aromatic rings. The third kappa shape index (κ3) is 3.62. The average Bonchev–Trinajstić information content (AvgIpc) is 2.51. The maximum Gasteiger partial charge on any atom is 0.261 e. The zero-order valence-electron chi connectivity index (χ0n) is 12.3. The minimum absolute atomic E-state index is 0.0641. The van der Waals surface area contributed by atoms with Crippen LogP contribution in [0.25, 0.3) is 0 Å². The van der Waals surface area contributed by atoms with Gasteiger partial charge < -0.3 is 15.2 Å². The van der Waals surface area contributed by atoms with Crippen LogP contribution in [0.3, 0.4) is 0 Å². The molecule has 0 radical (unpaired) electrons. The molecule has 0 spiro atoms. The Morgan fingerprint density at radius 1 is 1.14 bits per heavy atom. The van der Waals surface area contributed by atoms with Crippen molar-refractivity contribution in [3.8, 4) is 11.5 Å². The maximum atomic E-state index is 12.3. The maximum absolute atomic E-state index is 12.3. The summed E-state index contributed by atoms with van der Waals surface area (Å²) in [6.07, 6.45) is 0. The molecular weight excluding hydrogens is 304 g/mol. The highest BCUT2D eigenvalue weighted by Gasteiger charge is 2.15. The van der Waals surface area contributed by atoms with Gasteiger partial charge in [-0.1, -0.05) is 0 Å². The summed E-state index contributed by atoms with van der Waals surface area (Å²) in [5, 5.41) is 12.6. The molecule has 0 unspecified atom stereocenters. The van der Waals surface area contributed by atoms with Crippen molar-refractivity contribution < 1.29 is 18.3 Å². The normalized spacial score (nSPS) is 11.0. The molecule has 0 aliphatic rings. The second kappa shape index (κ2) is 6.57. The second-order valence-electron chi connectivity index (χ2n) is 4.54. The van der Waals surface area contributed by atoms with Crippen LogP contribution in [-0.2, 0) is 10.0 Å². The molecule has 7 heteroatoms. The second-order valence-corrected chi connectivity index (χ2v) is 6.23. The van der Waals surface area contributed by atoms with Gasteiger partial charge in [0.15, 0.2) is 0 Å². The zero-order valence-corrected chi connectivity index (χ0v) is 13.1. The van der Waals surface area contributed by atoms with E-state index in [2.05, 4.69) is 10.0 Å². The van der Waals surface area contributed by atoms with Gasteiger partial charge in [-0.15, -0.1) is 0 Å². The van der Waals surface area contributed by atoms with Gasteiger partial charge in [0.1, 0.15) is 11.5 Å². The van der Waals surface area contributed by atoms with Gasteiger partial charge in [-0.2, -0.15) is 0 Å². The van der Waals surface area contributed by atoms with Gasteiger partial charge in [0.05, 0.1) is 23.4 Å². The number of benzene rings is 2. The van der Waals surface area contributed by atoms with Crippen LogP contribution < -0.4 is 14.8 Å². The molecule has 2 rings (SSSR count). The van der Waals surface area contributed by atoms with E-state index >= 15 is 0 Å². The molecule has 0 heterocycles. The van der Waals surface area contributed by atoms with Crippen molar-refractivity contribution >= 4 is 21.4 Å². The van der Waals surface area contributed by atoms with Gasteiger partial charge >= 0.3 is 0 Å². The summed E-state index contributed by atoms with van der Waals surface area (Å²) in [4.78, 5) is 0.131. The van der Waals surface area contributed by atoms with Crippen molar-refractivity contribution in [3.63, 3.8) is 0 Å². The number of aromatic hydroxyl groups is 1. The Bertz CT molecular complexity index is 743. The van der Waals surface area contributed by atoms with E-state index in [-0.39, 0.29) is 10.6 Å². The SMILES string of the molecule is CCNc1cc(NS(=O)(=O)c2ccc(OC)cc2)ccc1O. The molecule has 0 aliphatic heterocycles. The third-order valence-corrected chi connectivity index (χ3v) is 4.38. The van der Waals surface area contributed by atoms with Gasteiger partial charge in [-0.05, 0) is 49.4 Å². The highest BCUT2D eigenvalue weighted by molar-refractivity contribution is 7.92. The van der Waals surface area contributed by atoms with Crippen LogP contribution in [0.2, 0.25) is 0 Å². The monoisotopic (exact) mass is 322 g/mol. The summed E-state index contributed by atoms with van der Waals surface area (Å²) < 4.78 is 32.1. The van der Waals surface area contributed by atoms with Crippen molar-refractivity contribution in [1.29, 1.82) is 0 Å². The Labute approximate surface area is 129 Å². The first-order valence-electron chi connectivity index (χ1n) is 6.70. The molecule has 3 N–H and O–H groups in total. The molecule has 0 saturated heterocycles. The van der Waals surface area contributed by atoms with Crippen LogP contribution >= 0.6 is 0 Å². The van der Waals surface area contributed by atoms with Gasteiger partial charge in [0.25, 0.3) is 10.0 Å². The van der Waals surface area contributed by atoms with Gasteiger partial charge in [-0.25, -0.2) is 8.42 Å². The van der Waals surface area contributed by atoms with Crippen LogP contribution in [0.1, 0.15) is 6.92 Å². The number of hydrogen-bond acceptors (Lipinski definition) is 5. The molecule has 0 fully saturated rings. The number of nitrogens with one attached hydrogen (secondary N) is 2. The van der Waals surface area contributed by atoms with Gasteiger partial charge in [-0.3, -0.25) is 4.72 Å². The molecule has 0 aromatic heterocycles. The number of phenols is 1. The van der Waals surface area contributed by atoms with Crippen molar-refractivity contribution in [1.82, 2.24) is 0 Å². The van der Waals surface area contributed by atoms with E-state index in [1.54, 1.807) is 18.2 Å². The molecular formula is C15H18N2O4S. The minimum Gasteiger partial charge on any atom is -0.506 e. The number of phenolic OH excluding ortho intramolecular Hbond substituents is 1. The summed E-state index contributed by atoms with van der Waals surface area (Å²) in [6.45, 7) is 2.50. The van der Waals surface area contributed by atoms with Crippen molar-refractivity contribution in [3.05, 3.63) is 42.5 Å². The third-order valence-electron chi connectivity index (χ3n) is 2.99. The summed E-state index contributed by atoms with van der Waals surface area (Å²) in [5.41, 5.74) is 0.835. The van der Waals surface area contributed by atoms with E-state index in [4.69, 9.17) is 4.74 Å². The molecule has 22 heavy (non-hydrogen) atoms. The first-order valence-corrected chi connectivity index (χ1v) is 8.18. The Morgan fingerprint density at radius 3 is 2.41 bits per heavy atom. The summed E-state index contributed by atoms with van der Waals surface area (Å²) in [5.74, 6) is 0.646. The lowest BCUT2D eigenvalue weighted by atomic mass is 10.2. The molecule has 0 atom stereocenters. The summed E-state index contributed by atoms with van der Waals surface area (Å²) in [6, 6.07) is 10.6. The standard InChI is InChI=1S/C15H18N2O4S/c1-3-16-14-10-11(4-9-15(14)18)17-22(19,20)13-7-5-12(21-2)6-8-13/h4-10,16-18H,3H2,1-2H3. The van der Waals surface area contributed by atoms with Crippen LogP contribution in [0, 0.1) is 0 Å². The summed E-state index contributed by atoms with van der Waals surface area (Å²) >= 11 is 0. The Kier molecular flexibility index (Phi) is 4.77. The average molecular weight is 322 g/mol. The molecule has 0 amide bonds. The first kappa shape index (κ1) is 16.0. The quantitative estimate of drug-likeness (QED) is 0.562. The largest absolute Gasteiger partial charge is 0.506 e. The summed E-state index contributed by atoms with van der Waals surface area (Å²) in [7, 11) is -2.18. The van der Waals surface area contributed by atoms with Gasteiger partial charge in [0, 0.05) is 6.54 Å². The van der Waals surface area contributed by atoms with Crippen molar-refractivity contribution in [2.24, 2.45) is 0 Å². The fourth-order valence-corrected chi connectivity index (χ4v) is 2.95. The number of anilines is 2. The predicted molar refractivity (Wildman–Crippen MR) is 86.1 cm³/mol. The lowest BCUT2D eigenvalue weighted by Gasteiger charge is -2.11. The minimum atomic E-state index is -3.70. The van der Waals surface area contributed by atoms with Crippen LogP contribution in [0.5, 0.6) is 11.5 Å². The number of rotatable bonds is 6. The molecule has 0 aliphatic carbocycles. The fourth-order valence-electron chi connectivity index (χ4n) is 1.90. The van der Waals surface area contributed by atoms with E-state index in [0.29, 0.717) is 23.7 Å². The highest BCUT2D eigenvalue weighted by Crippen LogP contribution is 2.28. The highest BCUT2D eigenvalue weighted by atomic mass is 32.2. The van der Waals surface area contributed by atoms with Gasteiger partial charge in [0.2, 0.25) is 0 Å². The Hall–Kier alpha value is -2.41. The Balaban J connectivity index is 2.26. The first-order chi connectivity index (χ1) is 10.5. The molecule has 2 aromatic carbocycles. The van der Waals surface area contributed by atoms with Crippen LogP contribution in [-0.4, -0.2) is 27.2 Å². The number of hydrogen-bond donors (Lipinski definition) is 3. The molecule has 118 valence electrons. The fraction of sp³-hybridized carbons (Fsp3) is 0.200. The number of ether oxygens (including phenoxy) is 1. The smallest absolute Gasteiger partial charge is 0.261 e. The van der Waals surface area contributed by atoms with Crippen molar-refractivity contribution in [2.45, 2.75) is 11.8 Å². The molecule has 6 nitrogen and oxygen atoms in total. The molecule has 0 saturated carbocycles. The van der Waals surface area contributed by atoms with E-state index in [0.717, 1.165) is 0 Å². The van der Waals surface area contributed by atoms with Crippen molar-refractivity contribution in [2.75, 3.05) is 23.7 Å².